The minimum atomic E-state index is -1.83. The van der Waals surface area contributed by atoms with Gasteiger partial charge in [0.15, 0.2) is 0 Å². The van der Waals surface area contributed by atoms with Crippen LogP contribution in [0.25, 0.3) is 0 Å². The summed E-state index contributed by atoms with van der Waals surface area (Å²) >= 11 is 0. The molecule has 16 nitrogen and oxygen atoms in total. The maximum absolute atomic E-state index is 10.9. The predicted octanol–water partition coefficient (Wildman–Crippen LogP) is -1.36. The lowest BCUT2D eigenvalue weighted by molar-refractivity contribution is 0.0619. The highest BCUT2D eigenvalue weighted by molar-refractivity contribution is 6.13. The van der Waals surface area contributed by atoms with Crippen molar-refractivity contribution < 1.29 is 60.0 Å². The third kappa shape index (κ3) is 27.0. The first-order chi connectivity index (χ1) is 19.3. The Morgan fingerprint density at radius 1 is 0.452 bits per heavy atom. The SMILES string of the molecule is CN(C)CCO.CN(C)CCO.CN(C)CCO.CN(C)CCO.O=C(O)c1ccc(C(=O)O)c(C(=O)O)c1C(=O)O. The fraction of sp³-hybridized carbons (Fsp3) is 0.615. The summed E-state index contributed by atoms with van der Waals surface area (Å²) < 4.78 is 0. The molecule has 246 valence electrons. The first-order valence-corrected chi connectivity index (χ1v) is 12.5. The molecular weight excluding hydrogens is 560 g/mol. The van der Waals surface area contributed by atoms with E-state index in [0.717, 1.165) is 38.3 Å². The highest BCUT2D eigenvalue weighted by Gasteiger charge is 2.29. The molecule has 0 aliphatic carbocycles. The quantitative estimate of drug-likeness (QED) is 0.136. The lowest BCUT2D eigenvalue weighted by Crippen LogP contribution is -2.19. The van der Waals surface area contributed by atoms with E-state index in [4.69, 9.17) is 40.9 Å². The number of carboxylic acid groups (broad SMARTS) is 4. The van der Waals surface area contributed by atoms with Gasteiger partial charge in [-0.15, -0.1) is 0 Å². The fourth-order valence-corrected chi connectivity index (χ4v) is 2.20. The first-order valence-electron chi connectivity index (χ1n) is 12.5. The number of carboxylic acids is 4. The molecular formula is C26H50N4O12. The highest BCUT2D eigenvalue weighted by Crippen LogP contribution is 2.20. The van der Waals surface area contributed by atoms with Gasteiger partial charge in [0.2, 0.25) is 0 Å². The van der Waals surface area contributed by atoms with Gasteiger partial charge in [0.05, 0.1) is 48.7 Å². The van der Waals surface area contributed by atoms with Crippen molar-refractivity contribution in [2.75, 3.05) is 109 Å². The number of rotatable bonds is 12. The van der Waals surface area contributed by atoms with Gasteiger partial charge < -0.3 is 60.5 Å². The van der Waals surface area contributed by atoms with Crippen LogP contribution in [-0.4, -0.2) is 193 Å². The van der Waals surface area contributed by atoms with Gasteiger partial charge in [0.1, 0.15) is 0 Å². The fourth-order valence-electron chi connectivity index (χ4n) is 2.20. The standard InChI is InChI=1S/C10H6O8.4C4H11NO/c11-7(12)3-1-2-4(8(13)14)6(10(17)18)5(3)9(15)16;4*1-5(2)3-4-6/h1-2H,(H,11,12)(H,13,14)(H,15,16)(H,17,18);4*6H,3-4H2,1-2H3. The van der Waals surface area contributed by atoms with E-state index in [-0.39, 0.29) is 26.4 Å². The van der Waals surface area contributed by atoms with Crippen LogP contribution in [-0.2, 0) is 0 Å². The number of hydrogen-bond acceptors (Lipinski definition) is 12. The molecule has 16 heteroatoms. The largest absolute Gasteiger partial charge is 0.478 e. The Hall–Kier alpha value is -3.22. The van der Waals surface area contributed by atoms with Crippen molar-refractivity contribution in [2.45, 2.75) is 0 Å². The molecule has 1 aromatic carbocycles. The molecule has 0 heterocycles. The molecule has 0 amide bonds. The van der Waals surface area contributed by atoms with Crippen LogP contribution in [0.15, 0.2) is 12.1 Å². The molecule has 0 saturated carbocycles. The molecule has 0 spiro atoms. The third-order valence-electron chi connectivity index (χ3n) is 4.28. The molecule has 1 rings (SSSR count). The number of hydrogen-bond donors (Lipinski definition) is 8. The van der Waals surface area contributed by atoms with Crippen molar-refractivity contribution in [3.05, 3.63) is 34.4 Å². The average Bonchev–Trinajstić information content (AvgIpc) is 2.84. The Morgan fingerprint density at radius 3 is 0.714 bits per heavy atom. The van der Waals surface area contributed by atoms with E-state index in [1.165, 1.54) is 0 Å². The van der Waals surface area contributed by atoms with Crippen LogP contribution >= 0.6 is 0 Å². The van der Waals surface area contributed by atoms with E-state index in [1.807, 2.05) is 76.0 Å². The Morgan fingerprint density at radius 2 is 0.643 bits per heavy atom. The number of nitrogens with zero attached hydrogens (tertiary/aromatic N) is 4. The molecule has 8 N–H and O–H groups in total. The molecule has 0 aliphatic heterocycles. The summed E-state index contributed by atoms with van der Waals surface area (Å²) in [6.07, 6.45) is 0. The maximum atomic E-state index is 10.9. The summed E-state index contributed by atoms with van der Waals surface area (Å²) in [6.45, 7) is 4.08. The summed E-state index contributed by atoms with van der Waals surface area (Å²) in [5, 5.41) is 67.9. The summed E-state index contributed by atoms with van der Waals surface area (Å²) in [5.74, 6) is -6.97. The zero-order valence-corrected chi connectivity index (χ0v) is 25.8. The number of likely N-dealkylation sites (N-methyl/N-ethyl adjacent to an activating group) is 4. The Labute approximate surface area is 247 Å². The monoisotopic (exact) mass is 610 g/mol. The minimum Gasteiger partial charge on any atom is -0.478 e. The summed E-state index contributed by atoms with van der Waals surface area (Å²) in [6, 6.07) is 1.48. The minimum absolute atomic E-state index is 0.257. The summed E-state index contributed by atoms with van der Waals surface area (Å²) in [7, 11) is 15.4. The van der Waals surface area contributed by atoms with Gasteiger partial charge in [0, 0.05) is 26.2 Å². The van der Waals surface area contributed by atoms with E-state index >= 15 is 0 Å². The van der Waals surface area contributed by atoms with Crippen molar-refractivity contribution in [1.82, 2.24) is 19.6 Å². The van der Waals surface area contributed by atoms with Crippen LogP contribution in [0.1, 0.15) is 41.4 Å². The van der Waals surface area contributed by atoms with Crippen molar-refractivity contribution in [3.8, 4) is 0 Å². The number of benzene rings is 1. The van der Waals surface area contributed by atoms with Crippen LogP contribution in [0.2, 0.25) is 0 Å². The molecule has 1 aromatic rings. The number of carbonyl (C=O) groups is 4. The number of aliphatic hydroxyl groups is 4. The van der Waals surface area contributed by atoms with Crippen LogP contribution in [0.4, 0.5) is 0 Å². The average molecular weight is 611 g/mol. The van der Waals surface area contributed by atoms with Gasteiger partial charge in [0.25, 0.3) is 0 Å². The Balaban J connectivity index is -0.000000248. The zero-order valence-electron chi connectivity index (χ0n) is 25.8. The normalized spacial score (nSPS) is 9.90. The van der Waals surface area contributed by atoms with Gasteiger partial charge in [-0.25, -0.2) is 19.2 Å². The van der Waals surface area contributed by atoms with Gasteiger partial charge in [-0.1, -0.05) is 0 Å². The summed E-state index contributed by atoms with van der Waals surface area (Å²) in [4.78, 5) is 51.1. The van der Waals surface area contributed by atoms with E-state index in [9.17, 15) is 19.2 Å². The number of aliphatic hydroxyl groups excluding tert-OH is 4. The van der Waals surface area contributed by atoms with Crippen molar-refractivity contribution in [3.63, 3.8) is 0 Å². The van der Waals surface area contributed by atoms with Gasteiger partial charge in [-0.2, -0.15) is 0 Å². The molecule has 0 bridgehead atoms. The topological polar surface area (TPSA) is 243 Å². The maximum Gasteiger partial charge on any atom is 0.337 e. The second-order valence-electron chi connectivity index (χ2n) is 9.24. The molecule has 0 atom stereocenters. The van der Waals surface area contributed by atoms with Crippen molar-refractivity contribution in [2.24, 2.45) is 0 Å². The molecule has 0 aliphatic rings. The van der Waals surface area contributed by atoms with E-state index in [0.29, 0.717) is 0 Å². The van der Waals surface area contributed by atoms with Gasteiger partial charge >= 0.3 is 23.9 Å². The Kier molecular flexibility index (Phi) is 30.4. The van der Waals surface area contributed by atoms with E-state index in [2.05, 4.69) is 0 Å². The van der Waals surface area contributed by atoms with Gasteiger partial charge in [-0.3, -0.25) is 0 Å². The van der Waals surface area contributed by atoms with Crippen molar-refractivity contribution in [1.29, 1.82) is 0 Å². The number of aromatic carboxylic acids is 4. The summed E-state index contributed by atoms with van der Waals surface area (Å²) in [5.41, 5.74) is -3.69. The second-order valence-corrected chi connectivity index (χ2v) is 9.24. The molecule has 0 unspecified atom stereocenters. The first kappa shape index (κ1) is 45.8. The lowest BCUT2D eigenvalue weighted by atomic mass is 9.95. The second kappa shape index (κ2) is 27.9. The molecule has 0 saturated heterocycles. The van der Waals surface area contributed by atoms with Crippen molar-refractivity contribution >= 4 is 23.9 Å². The predicted molar refractivity (Wildman–Crippen MR) is 157 cm³/mol. The molecule has 42 heavy (non-hydrogen) atoms. The van der Waals surface area contributed by atoms with Crippen LogP contribution < -0.4 is 0 Å². The smallest absolute Gasteiger partial charge is 0.337 e. The molecule has 0 fully saturated rings. The molecule has 0 aromatic heterocycles. The Bertz CT molecular complexity index is 803. The van der Waals surface area contributed by atoms with Gasteiger partial charge in [-0.05, 0) is 68.5 Å². The van der Waals surface area contributed by atoms with Crippen LogP contribution in [0, 0.1) is 0 Å². The third-order valence-corrected chi connectivity index (χ3v) is 4.28. The van der Waals surface area contributed by atoms with E-state index in [1.54, 1.807) is 0 Å². The highest BCUT2D eigenvalue weighted by atomic mass is 16.4. The van der Waals surface area contributed by atoms with E-state index < -0.39 is 46.1 Å². The van der Waals surface area contributed by atoms with Crippen LogP contribution in [0.5, 0.6) is 0 Å². The molecule has 0 radical (unpaired) electrons. The lowest BCUT2D eigenvalue weighted by Gasteiger charge is -2.08. The van der Waals surface area contributed by atoms with Crippen LogP contribution in [0.3, 0.4) is 0 Å². The zero-order chi connectivity index (χ0) is 34.0.